The fourth-order valence-corrected chi connectivity index (χ4v) is 5.62. The Bertz CT molecular complexity index is 1130. The van der Waals surface area contributed by atoms with Crippen LogP contribution < -0.4 is 10.9 Å². The Hall–Kier alpha value is -2.12. The number of anilines is 1. The van der Waals surface area contributed by atoms with Gasteiger partial charge < -0.3 is 5.32 Å². The number of thiophene rings is 1. The number of rotatable bonds is 4. The average Bonchev–Trinajstić information content (AvgIpc) is 3.05. The van der Waals surface area contributed by atoms with Crippen LogP contribution in [0.5, 0.6) is 0 Å². The van der Waals surface area contributed by atoms with Crippen LogP contribution in [0.25, 0.3) is 10.2 Å². The minimum absolute atomic E-state index is 0.00136. The SMILES string of the molecule is Cc1ccc(NC(=O)CSc2nc3sc4c(c3c(=O)n2C)CCCC4)cc1C. The van der Waals surface area contributed by atoms with E-state index in [4.69, 9.17) is 4.98 Å². The van der Waals surface area contributed by atoms with E-state index in [1.807, 2.05) is 32.0 Å². The number of amides is 1. The van der Waals surface area contributed by atoms with Gasteiger partial charge in [0.05, 0.1) is 11.1 Å². The van der Waals surface area contributed by atoms with E-state index >= 15 is 0 Å². The monoisotopic (exact) mass is 413 g/mol. The van der Waals surface area contributed by atoms with Crippen molar-refractivity contribution in [2.45, 2.75) is 44.7 Å². The molecular weight excluding hydrogens is 390 g/mol. The molecule has 1 aliphatic rings. The zero-order valence-corrected chi connectivity index (χ0v) is 17.9. The smallest absolute Gasteiger partial charge is 0.262 e. The van der Waals surface area contributed by atoms with Gasteiger partial charge in [0.1, 0.15) is 4.83 Å². The molecule has 0 radical (unpaired) electrons. The normalized spacial score (nSPS) is 13.5. The molecule has 0 saturated carbocycles. The predicted molar refractivity (Wildman–Crippen MR) is 117 cm³/mol. The van der Waals surface area contributed by atoms with Crippen LogP contribution >= 0.6 is 23.1 Å². The van der Waals surface area contributed by atoms with Crippen molar-refractivity contribution >= 4 is 44.9 Å². The summed E-state index contributed by atoms with van der Waals surface area (Å²) in [6.07, 6.45) is 4.33. The standard InChI is InChI=1S/C21H23N3O2S2/c1-12-8-9-14(10-13(12)2)22-17(25)11-27-21-23-19-18(20(26)24(21)3)15-6-4-5-7-16(15)28-19/h8-10H,4-7,11H2,1-3H3,(H,22,25). The van der Waals surface area contributed by atoms with Crippen LogP contribution in [0.2, 0.25) is 0 Å². The molecule has 1 amide bonds. The van der Waals surface area contributed by atoms with Crippen LogP contribution in [-0.4, -0.2) is 21.2 Å². The van der Waals surface area contributed by atoms with Crippen molar-refractivity contribution in [1.29, 1.82) is 0 Å². The summed E-state index contributed by atoms with van der Waals surface area (Å²) in [6, 6.07) is 5.87. The maximum Gasteiger partial charge on any atom is 0.262 e. The van der Waals surface area contributed by atoms with E-state index in [0.29, 0.717) is 5.16 Å². The molecule has 5 nitrogen and oxygen atoms in total. The number of nitrogens with zero attached hydrogens (tertiary/aromatic N) is 2. The molecule has 1 aliphatic carbocycles. The van der Waals surface area contributed by atoms with E-state index < -0.39 is 0 Å². The van der Waals surface area contributed by atoms with E-state index in [2.05, 4.69) is 5.32 Å². The summed E-state index contributed by atoms with van der Waals surface area (Å²) in [7, 11) is 1.74. The number of aromatic nitrogens is 2. The second kappa shape index (κ2) is 7.72. The lowest BCUT2D eigenvalue weighted by molar-refractivity contribution is -0.113. The highest BCUT2D eigenvalue weighted by molar-refractivity contribution is 7.99. The minimum atomic E-state index is -0.104. The lowest BCUT2D eigenvalue weighted by Crippen LogP contribution is -2.22. The van der Waals surface area contributed by atoms with Crippen molar-refractivity contribution in [3.63, 3.8) is 0 Å². The largest absolute Gasteiger partial charge is 0.325 e. The molecule has 0 bridgehead atoms. The van der Waals surface area contributed by atoms with Gasteiger partial charge in [-0.25, -0.2) is 4.98 Å². The quantitative estimate of drug-likeness (QED) is 0.514. The molecule has 0 atom stereocenters. The highest BCUT2D eigenvalue weighted by Crippen LogP contribution is 2.34. The molecule has 0 aliphatic heterocycles. The summed E-state index contributed by atoms with van der Waals surface area (Å²) in [6.45, 7) is 4.07. The maximum atomic E-state index is 12.9. The molecular formula is C21H23N3O2S2. The van der Waals surface area contributed by atoms with E-state index in [9.17, 15) is 9.59 Å². The number of nitrogens with one attached hydrogen (secondary N) is 1. The van der Waals surface area contributed by atoms with Crippen LogP contribution in [-0.2, 0) is 24.7 Å². The van der Waals surface area contributed by atoms with E-state index in [1.165, 1.54) is 34.2 Å². The van der Waals surface area contributed by atoms with Gasteiger partial charge in [-0.05, 0) is 68.4 Å². The summed E-state index contributed by atoms with van der Waals surface area (Å²) >= 11 is 2.94. The number of thioether (sulfide) groups is 1. The molecule has 7 heteroatoms. The summed E-state index contributed by atoms with van der Waals surface area (Å²) in [5.74, 6) is 0.108. The second-order valence-corrected chi connectivity index (χ2v) is 9.31. The molecule has 146 valence electrons. The molecule has 0 fully saturated rings. The highest BCUT2D eigenvalue weighted by Gasteiger charge is 2.21. The number of hydrogen-bond acceptors (Lipinski definition) is 5. The first-order chi connectivity index (χ1) is 13.4. The molecule has 3 aromatic rings. The van der Waals surface area contributed by atoms with E-state index in [1.54, 1.807) is 23.0 Å². The third-order valence-corrected chi connectivity index (χ3v) is 7.49. The minimum Gasteiger partial charge on any atom is -0.325 e. The number of benzene rings is 1. The number of aryl methyl sites for hydroxylation is 4. The molecule has 0 unspecified atom stereocenters. The zero-order chi connectivity index (χ0) is 19.8. The van der Waals surface area contributed by atoms with E-state index in [0.717, 1.165) is 40.7 Å². The Morgan fingerprint density at radius 2 is 2.04 bits per heavy atom. The van der Waals surface area contributed by atoms with Crippen molar-refractivity contribution in [1.82, 2.24) is 9.55 Å². The molecule has 0 spiro atoms. The van der Waals surface area contributed by atoms with Crippen molar-refractivity contribution in [2.75, 3.05) is 11.1 Å². The number of fused-ring (bicyclic) bond motifs is 3. The topological polar surface area (TPSA) is 64.0 Å². The fraction of sp³-hybridized carbons (Fsp3) is 0.381. The molecule has 2 aromatic heterocycles. The van der Waals surface area contributed by atoms with Crippen LogP contribution in [0.1, 0.15) is 34.4 Å². The van der Waals surface area contributed by atoms with Gasteiger partial charge in [0.2, 0.25) is 5.91 Å². The number of carbonyl (C=O) groups excluding carboxylic acids is 1. The van der Waals surface area contributed by atoms with Gasteiger partial charge in [-0.1, -0.05) is 17.8 Å². The van der Waals surface area contributed by atoms with Crippen LogP contribution in [0.3, 0.4) is 0 Å². The Labute approximate surface area is 172 Å². The van der Waals surface area contributed by atoms with Gasteiger partial charge in [0.15, 0.2) is 5.16 Å². The number of hydrogen-bond donors (Lipinski definition) is 1. The molecule has 1 aromatic carbocycles. The van der Waals surface area contributed by atoms with Gasteiger partial charge in [-0.3, -0.25) is 14.2 Å². The summed E-state index contributed by atoms with van der Waals surface area (Å²) in [4.78, 5) is 32.1. The average molecular weight is 414 g/mol. The second-order valence-electron chi connectivity index (χ2n) is 7.29. The van der Waals surface area contributed by atoms with Gasteiger partial charge in [-0.15, -0.1) is 11.3 Å². The molecule has 4 rings (SSSR count). The lowest BCUT2D eigenvalue weighted by Gasteiger charge is -2.11. The maximum absolute atomic E-state index is 12.9. The molecule has 28 heavy (non-hydrogen) atoms. The van der Waals surface area contributed by atoms with Crippen molar-refractivity contribution in [3.8, 4) is 0 Å². The first-order valence-corrected chi connectivity index (χ1v) is 11.3. The highest BCUT2D eigenvalue weighted by atomic mass is 32.2. The third-order valence-electron chi connectivity index (χ3n) is 5.28. The third kappa shape index (κ3) is 3.61. The Balaban J connectivity index is 1.53. The van der Waals surface area contributed by atoms with Crippen LogP contribution in [0, 0.1) is 13.8 Å². The first kappa shape index (κ1) is 19.2. The molecule has 2 heterocycles. The summed E-state index contributed by atoms with van der Waals surface area (Å²) in [5, 5.41) is 4.29. The Morgan fingerprint density at radius 1 is 1.25 bits per heavy atom. The lowest BCUT2D eigenvalue weighted by atomic mass is 9.97. The van der Waals surface area contributed by atoms with E-state index in [-0.39, 0.29) is 17.2 Å². The molecule has 1 N–H and O–H groups in total. The van der Waals surface area contributed by atoms with Crippen LogP contribution in [0.4, 0.5) is 5.69 Å². The van der Waals surface area contributed by atoms with Gasteiger partial charge in [0, 0.05) is 17.6 Å². The Kier molecular flexibility index (Phi) is 5.29. The molecule has 0 saturated heterocycles. The van der Waals surface area contributed by atoms with Gasteiger partial charge >= 0.3 is 0 Å². The predicted octanol–water partition coefficient (Wildman–Crippen LogP) is 4.22. The van der Waals surface area contributed by atoms with Gasteiger partial charge in [-0.2, -0.15) is 0 Å². The summed E-state index contributed by atoms with van der Waals surface area (Å²) in [5.41, 5.74) is 4.32. The summed E-state index contributed by atoms with van der Waals surface area (Å²) < 4.78 is 1.58. The first-order valence-electron chi connectivity index (χ1n) is 9.45. The Morgan fingerprint density at radius 3 is 2.82 bits per heavy atom. The van der Waals surface area contributed by atoms with Gasteiger partial charge in [0.25, 0.3) is 5.56 Å². The number of carbonyl (C=O) groups is 1. The van der Waals surface area contributed by atoms with Crippen molar-refractivity contribution in [3.05, 3.63) is 50.1 Å². The van der Waals surface area contributed by atoms with Crippen LogP contribution in [0.15, 0.2) is 28.2 Å². The zero-order valence-electron chi connectivity index (χ0n) is 16.3. The van der Waals surface area contributed by atoms with Crippen molar-refractivity contribution < 1.29 is 4.79 Å². The fourth-order valence-electron chi connectivity index (χ4n) is 3.54. The van der Waals surface area contributed by atoms with Crippen molar-refractivity contribution in [2.24, 2.45) is 7.05 Å².